The Kier molecular flexibility index (Phi) is 6.56. The van der Waals surface area contributed by atoms with Crippen LogP contribution in [0.15, 0.2) is 20.9 Å². The highest BCUT2D eigenvalue weighted by Crippen LogP contribution is 2.20. The van der Waals surface area contributed by atoms with Crippen molar-refractivity contribution < 1.29 is 4.92 Å². The summed E-state index contributed by atoms with van der Waals surface area (Å²) in [5.41, 5.74) is 0. The van der Waals surface area contributed by atoms with E-state index in [1.807, 2.05) is 5.38 Å². The van der Waals surface area contributed by atoms with Crippen LogP contribution >= 0.6 is 23.1 Å². The predicted octanol–water partition coefficient (Wildman–Crippen LogP) is 1.52. The van der Waals surface area contributed by atoms with Gasteiger partial charge in [0.1, 0.15) is 4.34 Å². The molecule has 0 bridgehead atoms. The molecule has 1 rings (SSSR count). The van der Waals surface area contributed by atoms with Crippen LogP contribution in [0.25, 0.3) is 0 Å². The molecular weight excluding hydrogens is 260 g/mol. The molecule has 0 radical (unpaired) electrons. The zero-order valence-corrected chi connectivity index (χ0v) is 11.1. The average molecular weight is 274 g/mol. The first-order valence-electron chi connectivity index (χ1n) is 5.06. The number of aliphatic imine (C=N–C) groups is 1. The second kappa shape index (κ2) is 8.02. The van der Waals surface area contributed by atoms with E-state index in [1.54, 1.807) is 36.3 Å². The molecule has 0 spiro atoms. The van der Waals surface area contributed by atoms with Crippen molar-refractivity contribution in [2.24, 2.45) is 4.99 Å². The Morgan fingerprint density at radius 2 is 2.59 bits per heavy atom. The summed E-state index contributed by atoms with van der Waals surface area (Å²) in [6, 6.07) is 0. The lowest BCUT2D eigenvalue weighted by atomic mass is 10.4. The van der Waals surface area contributed by atoms with Gasteiger partial charge in [-0.15, -0.1) is 11.3 Å². The standard InChI is InChI=1S/C9H14N4O2S2/c1-10-8(7-13(14)15)11-3-2-5-16-9-12-4-6-17-9/h4,6H,2-3,5,7H2,1H3,(H,10,11). The zero-order valence-electron chi connectivity index (χ0n) is 9.46. The number of amidine groups is 1. The summed E-state index contributed by atoms with van der Waals surface area (Å²) in [6.45, 7) is 0.453. The molecule has 0 aliphatic rings. The number of hydrogen-bond donors (Lipinski definition) is 1. The molecule has 0 amide bonds. The molecular formula is C9H14N4O2S2. The van der Waals surface area contributed by atoms with Crippen molar-refractivity contribution in [3.05, 3.63) is 21.7 Å². The molecule has 0 aromatic carbocycles. The molecule has 1 heterocycles. The number of nitro groups is 1. The minimum Gasteiger partial charge on any atom is -0.368 e. The third-order valence-corrected chi connectivity index (χ3v) is 3.89. The summed E-state index contributed by atoms with van der Waals surface area (Å²) < 4.78 is 1.06. The summed E-state index contributed by atoms with van der Waals surface area (Å²) in [5, 5.41) is 15.2. The number of nitrogens with one attached hydrogen (secondary N) is 1. The topological polar surface area (TPSA) is 80.4 Å². The van der Waals surface area contributed by atoms with E-state index in [0.717, 1.165) is 16.5 Å². The summed E-state index contributed by atoms with van der Waals surface area (Å²) in [5.74, 6) is 1.37. The van der Waals surface area contributed by atoms with E-state index < -0.39 is 0 Å². The molecule has 17 heavy (non-hydrogen) atoms. The SMILES string of the molecule is CN=C(C[N+](=O)[O-])NCCCSc1nccs1. The fourth-order valence-corrected chi connectivity index (χ4v) is 2.72. The molecule has 0 aliphatic heterocycles. The quantitative estimate of drug-likeness (QED) is 0.204. The molecule has 0 unspecified atom stereocenters. The van der Waals surface area contributed by atoms with E-state index in [2.05, 4.69) is 15.3 Å². The van der Waals surface area contributed by atoms with E-state index in [1.165, 1.54) is 0 Å². The van der Waals surface area contributed by atoms with E-state index in [-0.39, 0.29) is 11.5 Å². The van der Waals surface area contributed by atoms with Crippen LogP contribution in [0.5, 0.6) is 0 Å². The first-order valence-corrected chi connectivity index (χ1v) is 6.92. The monoisotopic (exact) mass is 274 g/mol. The fourth-order valence-electron chi connectivity index (χ4n) is 1.07. The number of thiazole rings is 1. The number of rotatable bonds is 7. The average Bonchev–Trinajstić information content (AvgIpc) is 2.79. The van der Waals surface area contributed by atoms with Crippen molar-refractivity contribution in [2.45, 2.75) is 10.8 Å². The minimum absolute atomic E-state index is 0.240. The lowest BCUT2D eigenvalue weighted by Crippen LogP contribution is -2.31. The smallest absolute Gasteiger partial charge is 0.259 e. The Bertz CT molecular complexity index is 367. The first-order chi connectivity index (χ1) is 8.22. The Balaban J connectivity index is 2.09. The summed E-state index contributed by atoms with van der Waals surface area (Å²) in [7, 11) is 1.55. The van der Waals surface area contributed by atoms with Crippen molar-refractivity contribution in [3.8, 4) is 0 Å². The van der Waals surface area contributed by atoms with Gasteiger partial charge in [-0.25, -0.2) is 4.98 Å². The minimum atomic E-state index is -0.389. The molecule has 0 atom stereocenters. The normalized spacial score (nSPS) is 11.5. The Labute approximate surface area is 108 Å². The third kappa shape index (κ3) is 6.22. The molecule has 94 valence electrons. The molecule has 0 aliphatic carbocycles. The molecule has 1 aromatic heterocycles. The van der Waals surface area contributed by atoms with Crippen molar-refractivity contribution in [2.75, 3.05) is 25.9 Å². The van der Waals surface area contributed by atoms with Crippen LogP contribution in [0.2, 0.25) is 0 Å². The van der Waals surface area contributed by atoms with E-state index in [0.29, 0.717) is 12.4 Å². The third-order valence-electron chi connectivity index (χ3n) is 1.83. The van der Waals surface area contributed by atoms with Gasteiger partial charge in [-0.2, -0.15) is 0 Å². The maximum Gasteiger partial charge on any atom is 0.259 e. The lowest BCUT2D eigenvalue weighted by molar-refractivity contribution is -0.463. The summed E-state index contributed by atoms with van der Waals surface area (Å²) >= 11 is 3.31. The van der Waals surface area contributed by atoms with Gasteiger partial charge in [-0.1, -0.05) is 11.8 Å². The largest absolute Gasteiger partial charge is 0.368 e. The first kappa shape index (κ1) is 13.9. The van der Waals surface area contributed by atoms with E-state index >= 15 is 0 Å². The Hall–Kier alpha value is -1.15. The van der Waals surface area contributed by atoms with Gasteiger partial charge in [0.15, 0.2) is 5.84 Å². The van der Waals surface area contributed by atoms with Crippen LogP contribution in [0.4, 0.5) is 0 Å². The van der Waals surface area contributed by atoms with Crippen molar-refractivity contribution in [1.82, 2.24) is 10.3 Å². The molecule has 6 nitrogen and oxygen atoms in total. The van der Waals surface area contributed by atoms with Crippen molar-refractivity contribution >= 4 is 28.9 Å². The number of aromatic nitrogens is 1. The van der Waals surface area contributed by atoms with Gasteiger partial charge >= 0.3 is 0 Å². The number of thioether (sulfide) groups is 1. The van der Waals surface area contributed by atoms with Gasteiger partial charge in [0.25, 0.3) is 6.54 Å². The second-order valence-electron chi connectivity index (χ2n) is 3.09. The van der Waals surface area contributed by atoms with Gasteiger partial charge in [-0.05, 0) is 6.42 Å². The van der Waals surface area contributed by atoms with Crippen LogP contribution in [0, 0.1) is 10.1 Å². The Morgan fingerprint density at radius 3 is 3.18 bits per heavy atom. The van der Waals surface area contributed by atoms with Gasteiger partial charge in [-0.3, -0.25) is 15.1 Å². The van der Waals surface area contributed by atoms with Gasteiger partial charge in [0.2, 0.25) is 0 Å². The molecule has 1 aromatic rings. The highest BCUT2D eigenvalue weighted by molar-refractivity contribution is 8.00. The maximum absolute atomic E-state index is 10.3. The molecule has 0 saturated heterocycles. The second-order valence-corrected chi connectivity index (χ2v) is 5.32. The fraction of sp³-hybridized carbons (Fsp3) is 0.556. The maximum atomic E-state index is 10.3. The van der Waals surface area contributed by atoms with Crippen LogP contribution in [0.1, 0.15) is 6.42 Å². The van der Waals surface area contributed by atoms with E-state index in [9.17, 15) is 10.1 Å². The van der Waals surface area contributed by atoms with Gasteiger partial charge in [0, 0.05) is 35.8 Å². The molecule has 8 heteroatoms. The molecule has 0 fully saturated rings. The zero-order chi connectivity index (χ0) is 12.5. The van der Waals surface area contributed by atoms with Crippen molar-refractivity contribution in [3.63, 3.8) is 0 Å². The summed E-state index contributed by atoms with van der Waals surface area (Å²) in [6.07, 6.45) is 2.70. The van der Waals surface area contributed by atoms with Crippen molar-refractivity contribution in [1.29, 1.82) is 0 Å². The van der Waals surface area contributed by atoms with Gasteiger partial charge in [0.05, 0.1) is 0 Å². The highest BCUT2D eigenvalue weighted by Gasteiger charge is 2.05. The molecule has 1 N–H and O–H groups in total. The van der Waals surface area contributed by atoms with Crippen LogP contribution in [0.3, 0.4) is 0 Å². The van der Waals surface area contributed by atoms with Crippen LogP contribution in [-0.4, -0.2) is 41.6 Å². The summed E-state index contributed by atoms with van der Waals surface area (Å²) in [4.78, 5) is 17.9. The number of nitrogens with zero attached hydrogens (tertiary/aromatic N) is 3. The van der Waals surface area contributed by atoms with E-state index in [4.69, 9.17) is 0 Å². The van der Waals surface area contributed by atoms with Crippen LogP contribution < -0.4 is 5.32 Å². The lowest BCUT2D eigenvalue weighted by Gasteiger charge is -2.04. The Morgan fingerprint density at radius 1 is 1.76 bits per heavy atom. The van der Waals surface area contributed by atoms with Crippen LogP contribution in [-0.2, 0) is 0 Å². The predicted molar refractivity (Wildman–Crippen MR) is 70.7 cm³/mol. The number of hydrogen-bond acceptors (Lipinski definition) is 6. The highest BCUT2D eigenvalue weighted by atomic mass is 32.2. The molecule has 0 saturated carbocycles. The van der Waals surface area contributed by atoms with Gasteiger partial charge < -0.3 is 5.32 Å².